The van der Waals surface area contributed by atoms with Crippen LogP contribution in [0.1, 0.15) is 12.0 Å². The van der Waals surface area contributed by atoms with E-state index in [1.807, 2.05) is 6.07 Å². The molecule has 1 unspecified atom stereocenters. The zero-order valence-electron chi connectivity index (χ0n) is 8.19. The first-order valence-electron chi connectivity index (χ1n) is 4.53. The third kappa shape index (κ3) is 3.82. The topological polar surface area (TPSA) is 114 Å². The van der Waals surface area contributed by atoms with E-state index in [4.69, 9.17) is 11.5 Å². The molecule has 1 aromatic rings. The van der Waals surface area contributed by atoms with Gasteiger partial charge in [0, 0.05) is 18.9 Å². The van der Waals surface area contributed by atoms with Gasteiger partial charge in [0.05, 0.1) is 12.5 Å². The van der Waals surface area contributed by atoms with Crippen LogP contribution in [0.5, 0.6) is 0 Å². The van der Waals surface area contributed by atoms with Crippen molar-refractivity contribution in [2.75, 3.05) is 0 Å². The molecule has 1 rings (SSSR count). The Labute approximate surface area is 87.0 Å². The molecule has 1 aromatic heterocycles. The fourth-order valence-corrected chi connectivity index (χ4v) is 1.10. The van der Waals surface area contributed by atoms with Crippen LogP contribution in [0.25, 0.3) is 0 Å². The van der Waals surface area contributed by atoms with E-state index in [0.717, 1.165) is 5.56 Å². The maximum Gasteiger partial charge on any atom is 0.237 e. The highest BCUT2D eigenvalue weighted by atomic mass is 16.2. The monoisotopic (exact) mass is 210 g/mol. The first-order valence-corrected chi connectivity index (χ1v) is 4.53. The van der Waals surface area contributed by atoms with E-state index in [-0.39, 0.29) is 12.3 Å². The molecule has 0 spiro atoms. The first kappa shape index (κ1) is 11.3. The van der Waals surface area contributed by atoms with E-state index in [9.17, 15) is 9.59 Å². The minimum Gasteiger partial charge on any atom is -0.370 e. The van der Waals surface area contributed by atoms with E-state index >= 15 is 0 Å². The van der Waals surface area contributed by atoms with Gasteiger partial charge in [-0.15, -0.1) is 0 Å². The SMILES string of the molecule is NC(=O)CC(N)C(=O)NCc1cc[nH]c1. The predicted molar refractivity (Wildman–Crippen MR) is 54.4 cm³/mol. The number of hydrogen-bond donors (Lipinski definition) is 4. The van der Waals surface area contributed by atoms with Crippen LogP contribution in [-0.2, 0) is 16.1 Å². The number of primary amides is 1. The molecule has 1 heterocycles. The van der Waals surface area contributed by atoms with Gasteiger partial charge in [-0.1, -0.05) is 0 Å². The quantitative estimate of drug-likeness (QED) is 0.491. The van der Waals surface area contributed by atoms with E-state index in [1.54, 1.807) is 12.4 Å². The summed E-state index contributed by atoms with van der Waals surface area (Å²) in [7, 11) is 0. The molecule has 15 heavy (non-hydrogen) atoms. The van der Waals surface area contributed by atoms with E-state index in [1.165, 1.54) is 0 Å². The maximum atomic E-state index is 11.3. The van der Waals surface area contributed by atoms with Crippen molar-refractivity contribution in [1.29, 1.82) is 0 Å². The van der Waals surface area contributed by atoms with Crippen molar-refractivity contribution in [1.82, 2.24) is 10.3 Å². The number of H-pyrrole nitrogens is 1. The second-order valence-electron chi connectivity index (χ2n) is 3.21. The van der Waals surface area contributed by atoms with Gasteiger partial charge in [-0.2, -0.15) is 0 Å². The van der Waals surface area contributed by atoms with Crippen LogP contribution in [0.2, 0.25) is 0 Å². The van der Waals surface area contributed by atoms with Crippen LogP contribution >= 0.6 is 0 Å². The molecule has 0 radical (unpaired) electrons. The second-order valence-corrected chi connectivity index (χ2v) is 3.21. The van der Waals surface area contributed by atoms with Crippen LogP contribution in [0.15, 0.2) is 18.5 Å². The van der Waals surface area contributed by atoms with Crippen molar-refractivity contribution >= 4 is 11.8 Å². The van der Waals surface area contributed by atoms with Crippen LogP contribution in [0.4, 0.5) is 0 Å². The maximum absolute atomic E-state index is 11.3. The van der Waals surface area contributed by atoms with Crippen LogP contribution in [-0.4, -0.2) is 22.8 Å². The molecule has 6 N–H and O–H groups in total. The number of nitrogens with one attached hydrogen (secondary N) is 2. The molecule has 0 saturated heterocycles. The van der Waals surface area contributed by atoms with Gasteiger partial charge in [-0.05, 0) is 11.6 Å². The summed E-state index contributed by atoms with van der Waals surface area (Å²) >= 11 is 0. The first-order chi connectivity index (χ1) is 7.09. The number of carbonyl (C=O) groups excluding carboxylic acids is 2. The minimum atomic E-state index is -0.874. The molecule has 6 heteroatoms. The van der Waals surface area contributed by atoms with Gasteiger partial charge in [0.2, 0.25) is 11.8 Å². The molecule has 6 nitrogen and oxygen atoms in total. The Kier molecular flexibility index (Phi) is 3.87. The summed E-state index contributed by atoms with van der Waals surface area (Å²) in [5, 5.41) is 2.60. The zero-order chi connectivity index (χ0) is 11.3. The number of rotatable bonds is 5. The summed E-state index contributed by atoms with van der Waals surface area (Å²) < 4.78 is 0. The van der Waals surface area contributed by atoms with Crippen LogP contribution in [0, 0.1) is 0 Å². The van der Waals surface area contributed by atoms with Crippen molar-refractivity contribution in [3.05, 3.63) is 24.0 Å². The van der Waals surface area contributed by atoms with Crippen LogP contribution < -0.4 is 16.8 Å². The van der Waals surface area contributed by atoms with Gasteiger partial charge >= 0.3 is 0 Å². The minimum absolute atomic E-state index is 0.140. The highest BCUT2D eigenvalue weighted by molar-refractivity contribution is 5.87. The number of aromatic nitrogens is 1. The van der Waals surface area contributed by atoms with Crippen molar-refractivity contribution < 1.29 is 9.59 Å². The van der Waals surface area contributed by atoms with Crippen LogP contribution in [0.3, 0.4) is 0 Å². The molecule has 0 saturated carbocycles. The Morgan fingerprint density at radius 3 is 2.80 bits per heavy atom. The lowest BCUT2D eigenvalue weighted by atomic mass is 10.2. The Bertz CT molecular complexity index is 334. The summed E-state index contributed by atoms with van der Waals surface area (Å²) in [6, 6.07) is 0.960. The van der Waals surface area contributed by atoms with Crippen molar-refractivity contribution in [3.63, 3.8) is 0 Å². The largest absolute Gasteiger partial charge is 0.370 e. The predicted octanol–water partition coefficient (Wildman–Crippen LogP) is -1.17. The number of amides is 2. The molecule has 0 aliphatic heterocycles. The lowest BCUT2D eigenvalue weighted by molar-refractivity contribution is -0.126. The van der Waals surface area contributed by atoms with E-state index < -0.39 is 11.9 Å². The van der Waals surface area contributed by atoms with Gasteiger partial charge in [-0.3, -0.25) is 9.59 Å². The van der Waals surface area contributed by atoms with Gasteiger partial charge in [0.1, 0.15) is 0 Å². The fraction of sp³-hybridized carbons (Fsp3) is 0.333. The highest BCUT2D eigenvalue weighted by Crippen LogP contribution is 1.95. The fourth-order valence-electron chi connectivity index (χ4n) is 1.10. The smallest absolute Gasteiger partial charge is 0.237 e. The number of aromatic amines is 1. The Hall–Kier alpha value is -1.82. The third-order valence-corrected chi connectivity index (χ3v) is 1.89. The molecule has 1 atom stereocenters. The van der Waals surface area contributed by atoms with Gasteiger partial charge in [0.25, 0.3) is 0 Å². The number of hydrogen-bond acceptors (Lipinski definition) is 3. The van der Waals surface area contributed by atoms with Crippen molar-refractivity contribution in [2.24, 2.45) is 11.5 Å². The lowest BCUT2D eigenvalue weighted by Crippen LogP contribution is -2.42. The van der Waals surface area contributed by atoms with E-state index in [2.05, 4.69) is 10.3 Å². The molecule has 2 amide bonds. The summed E-state index contributed by atoms with van der Waals surface area (Å²) in [5.74, 6) is -0.964. The summed E-state index contributed by atoms with van der Waals surface area (Å²) in [6.07, 6.45) is 3.38. The standard InChI is InChI=1S/C9H14N4O2/c10-7(3-8(11)14)9(15)13-5-6-1-2-12-4-6/h1-2,4,7,12H,3,5,10H2,(H2,11,14)(H,13,15). The molecule has 0 aliphatic carbocycles. The Balaban J connectivity index is 2.32. The van der Waals surface area contributed by atoms with Crippen molar-refractivity contribution in [2.45, 2.75) is 19.0 Å². The summed E-state index contributed by atoms with van der Waals surface area (Å²) in [4.78, 5) is 24.7. The zero-order valence-corrected chi connectivity index (χ0v) is 8.19. The average molecular weight is 210 g/mol. The van der Waals surface area contributed by atoms with Gasteiger partial charge < -0.3 is 21.8 Å². The molecular formula is C9H14N4O2. The molecule has 0 aromatic carbocycles. The lowest BCUT2D eigenvalue weighted by Gasteiger charge is -2.09. The molecule has 0 bridgehead atoms. The Morgan fingerprint density at radius 1 is 1.53 bits per heavy atom. The molecular weight excluding hydrogens is 196 g/mol. The van der Waals surface area contributed by atoms with Gasteiger partial charge in [-0.25, -0.2) is 0 Å². The number of nitrogens with two attached hydrogens (primary N) is 2. The second kappa shape index (κ2) is 5.16. The average Bonchev–Trinajstić information content (AvgIpc) is 2.65. The summed E-state index contributed by atoms with van der Waals surface area (Å²) in [5.41, 5.74) is 11.3. The van der Waals surface area contributed by atoms with Gasteiger partial charge in [0.15, 0.2) is 0 Å². The number of carbonyl (C=O) groups is 2. The normalized spacial score (nSPS) is 12.1. The van der Waals surface area contributed by atoms with Crippen molar-refractivity contribution in [3.8, 4) is 0 Å². The molecule has 0 aliphatic rings. The highest BCUT2D eigenvalue weighted by Gasteiger charge is 2.15. The Morgan fingerprint density at radius 2 is 2.27 bits per heavy atom. The summed E-state index contributed by atoms with van der Waals surface area (Å²) in [6.45, 7) is 0.384. The molecule has 0 fully saturated rings. The third-order valence-electron chi connectivity index (χ3n) is 1.89. The molecule has 82 valence electrons. The van der Waals surface area contributed by atoms with E-state index in [0.29, 0.717) is 6.54 Å².